The number of nitrogens with zero attached hydrogens (tertiary/aromatic N) is 4. The first kappa shape index (κ1) is 34.4. The fraction of sp³-hybridized carbons (Fsp3) is 0.0732. The second-order valence-corrected chi connectivity index (χ2v) is 12.5. The lowest BCUT2D eigenvalue weighted by molar-refractivity contribution is -0.138. The summed E-state index contributed by atoms with van der Waals surface area (Å²) in [5, 5.41) is 22.1. The van der Waals surface area contributed by atoms with Crippen LogP contribution >= 0.6 is 0 Å². The molecule has 266 valence electrons. The van der Waals surface area contributed by atoms with E-state index in [1.54, 1.807) is 54.6 Å². The Morgan fingerprint density at radius 2 is 0.889 bits per heavy atom. The zero-order valence-corrected chi connectivity index (χ0v) is 27.2. The van der Waals surface area contributed by atoms with Crippen LogP contribution in [0.3, 0.4) is 0 Å². The fourth-order valence-corrected chi connectivity index (χ4v) is 7.25. The molecule has 0 saturated carbocycles. The van der Waals surface area contributed by atoms with Gasteiger partial charge in [0.1, 0.15) is 0 Å². The molecule has 0 N–H and O–H groups in total. The van der Waals surface area contributed by atoms with Gasteiger partial charge < -0.3 is 9.13 Å². The number of rotatable bonds is 3. The maximum atomic E-state index is 15.1. The van der Waals surface area contributed by atoms with E-state index in [9.17, 15) is 36.9 Å². The van der Waals surface area contributed by atoms with Crippen molar-refractivity contribution >= 4 is 43.6 Å². The van der Waals surface area contributed by atoms with E-state index >= 15 is 13.2 Å². The minimum Gasteiger partial charge on any atom is -0.308 e. The second kappa shape index (κ2) is 11.9. The summed E-state index contributed by atoms with van der Waals surface area (Å²) in [6.07, 6.45) is -14.7. The Balaban J connectivity index is 1.67. The summed E-state index contributed by atoms with van der Waals surface area (Å²) in [4.78, 5) is 0. The largest absolute Gasteiger partial charge is 0.417 e. The molecule has 0 atom stereocenters. The van der Waals surface area contributed by atoms with Gasteiger partial charge in [-0.15, -0.1) is 0 Å². The predicted molar refractivity (Wildman–Crippen MR) is 185 cm³/mol. The molecular weight excluding hydrogens is 719 g/mol. The Bertz CT molecular complexity index is 2780. The van der Waals surface area contributed by atoms with Crippen molar-refractivity contribution in [3.8, 4) is 34.6 Å². The summed E-state index contributed by atoms with van der Waals surface area (Å²) in [7, 11) is 0. The van der Waals surface area contributed by atoms with Gasteiger partial charge in [0, 0.05) is 32.7 Å². The Hall–Kier alpha value is -6.73. The van der Waals surface area contributed by atoms with Crippen LogP contribution in [0.15, 0.2) is 115 Å². The number of hydrogen-bond donors (Lipinski definition) is 0. The van der Waals surface area contributed by atoms with E-state index in [0.29, 0.717) is 21.5 Å². The maximum Gasteiger partial charge on any atom is 0.417 e. The van der Waals surface area contributed by atoms with Crippen LogP contribution in [-0.4, -0.2) is 9.13 Å². The van der Waals surface area contributed by atoms with Crippen molar-refractivity contribution in [2.75, 3.05) is 0 Å². The quantitative estimate of drug-likeness (QED) is 0.170. The monoisotopic (exact) mass is 738 g/mol. The van der Waals surface area contributed by atoms with Gasteiger partial charge in [0.2, 0.25) is 0 Å². The first-order chi connectivity index (χ1) is 25.6. The molecule has 2 aromatic heterocycles. The van der Waals surface area contributed by atoms with Gasteiger partial charge in [0.15, 0.2) is 0 Å². The van der Waals surface area contributed by atoms with Gasteiger partial charge in [-0.05, 0) is 60.7 Å². The molecule has 0 aliphatic heterocycles. The van der Waals surface area contributed by atoms with Gasteiger partial charge in [-0.25, -0.2) is 0 Å². The van der Waals surface area contributed by atoms with Crippen LogP contribution in [0.5, 0.6) is 0 Å². The third-order valence-corrected chi connectivity index (χ3v) is 9.45. The lowest BCUT2D eigenvalue weighted by Gasteiger charge is -2.24. The standard InChI is InChI=1S/C41H19F9N4/c42-39(43,44)24-12-14-28-26-7-1-3-10-31(26)53(33(28)18-24)35-16-22(20-51)17-36(38(35)37-23(21-52)6-5-9-30(37)41(48,49)50)54-32-11-4-2-8-27(32)29-15-13-25(19-34(29)54)40(45,46)47/h1-19H. The van der Waals surface area contributed by atoms with Gasteiger partial charge in [-0.3, -0.25) is 0 Å². The molecule has 0 aliphatic carbocycles. The summed E-state index contributed by atoms with van der Waals surface area (Å²) < 4.78 is 133. The molecule has 6 aromatic carbocycles. The third-order valence-electron chi connectivity index (χ3n) is 9.45. The number of para-hydroxylation sites is 2. The molecule has 54 heavy (non-hydrogen) atoms. The van der Waals surface area contributed by atoms with Gasteiger partial charge in [0.25, 0.3) is 0 Å². The number of nitriles is 2. The molecule has 8 aromatic rings. The summed E-state index contributed by atoms with van der Waals surface area (Å²) in [6, 6.07) is 27.7. The van der Waals surface area contributed by atoms with Crippen LogP contribution in [0.1, 0.15) is 27.8 Å². The Morgan fingerprint density at radius 3 is 1.31 bits per heavy atom. The average Bonchev–Trinajstić information content (AvgIpc) is 3.65. The van der Waals surface area contributed by atoms with E-state index in [2.05, 4.69) is 0 Å². The van der Waals surface area contributed by atoms with E-state index in [1.165, 1.54) is 33.4 Å². The first-order valence-electron chi connectivity index (χ1n) is 16.0. The number of fused-ring (bicyclic) bond motifs is 6. The third kappa shape index (κ3) is 5.31. The fourth-order valence-electron chi connectivity index (χ4n) is 7.25. The molecule has 8 rings (SSSR count). The van der Waals surface area contributed by atoms with E-state index in [-0.39, 0.29) is 44.6 Å². The van der Waals surface area contributed by atoms with E-state index in [4.69, 9.17) is 0 Å². The van der Waals surface area contributed by atoms with Crippen LogP contribution in [0, 0.1) is 22.7 Å². The van der Waals surface area contributed by atoms with Gasteiger partial charge in [-0.1, -0.05) is 54.6 Å². The SMILES string of the molecule is N#Cc1cc(-n2c3ccccc3c3ccc(C(F)(F)F)cc32)c(-c2c(C#N)cccc2C(F)(F)F)c(-n2c3ccccc3c3ccc(C(F)(F)F)cc32)c1. The van der Waals surface area contributed by atoms with Crippen molar-refractivity contribution in [2.45, 2.75) is 18.5 Å². The van der Waals surface area contributed by atoms with E-state index < -0.39 is 46.3 Å². The minimum atomic E-state index is -5.10. The lowest BCUT2D eigenvalue weighted by atomic mass is 9.90. The number of halogens is 9. The molecule has 0 fully saturated rings. The molecule has 2 heterocycles. The van der Waals surface area contributed by atoms with Crippen LogP contribution in [0.2, 0.25) is 0 Å². The highest BCUT2D eigenvalue weighted by molar-refractivity contribution is 6.12. The van der Waals surface area contributed by atoms with Crippen molar-refractivity contribution in [1.29, 1.82) is 10.5 Å². The molecule has 0 spiro atoms. The molecular formula is C41H19F9N4. The van der Waals surface area contributed by atoms with Crippen LogP contribution in [0.4, 0.5) is 39.5 Å². The smallest absolute Gasteiger partial charge is 0.308 e. The summed E-state index contributed by atoms with van der Waals surface area (Å²) in [6.45, 7) is 0. The maximum absolute atomic E-state index is 15.1. The highest BCUT2D eigenvalue weighted by Gasteiger charge is 2.38. The van der Waals surface area contributed by atoms with Crippen molar-refractivity contribution in [3.05, 3.63) is 143 Å². The number of benzene rings is 6. The van der Waals surface area contributed by atoms with Gasteiger partial charge >= 0.3 is 18.5 Å². The molecule has 0 radical (unpaired) electrons. The van der Waals surface area contributed by atoms with Gasteiger partial charge in [0.05, 0.1) is 73.4 Å². The molecule has 0 amide bonds. The highest BCUT2D eigenvalue weighted by atomic mass is 19.4. The Kier molecular flexibility index (Phi) is 7.57. The number of hydrogen-bond acceptors (Lipinski definition) is 2. The average molecular weight is 739 g/mol. The van der Waals surface area contributed by atoms with E-state index in [0.717, 1.165) is 42.5 Å². The molecule has 0 aliphatic rings. The zero-order chi connectivity index (χ0) is 38.3. The number of alkyl halides is 9. The normalized spacial score (nSPS) is 12.5. The van der Waals surface area contributed by atoms with Crippen LogP contribution in [-0.2, 0) is 18.5 Å². The number of aromatic nitrogens is 2. The first-order valence-corrected chi connectivity index (χ1v) is 16.0. The van der Waals surface area contributed by atoms with Crippen molar-refractivity contribution < 1.29 is 39.5 Å². The summed E-state index contributed by atoms with van der Waals surface area (Å²) in [5.41, 5.74) is -5.23. The Morgan fingerprint density at radius 1 is 0.426 bits per heavy atom. The highest BCUT2D eigenvalue weighted by Crippen LogP contribution is 2.48. The molecule has 0 bridgehead atoms. The van der Waals surface area contributed by atoms with E-state index in [1.807, 2.05) is 6.07 Å². The second-order valence-electron chi connectivity index (χ2n) is 12.5. The summed E-state index contributed by atoms with van der Waals surface area (Å²) in [5.74, 6) is 0. The van der Waals surface area contributed by atoms with Crippen molar-refractivity contribution in [3.63, 3.8) is 0 Å². The van der Waals surface area contributed by atoms with Crippen molar-refractivity contribution in [1.82, 2.24) is 9.13 Å². The van der Waals surface area contributed by atoms with Crippen LogP contribution < -0.4 is 0 Å². The molecule has 4 nitrogen and oxygen atoms in total. The Labute approximate surface area is 298 Å². The predicted octanol–water partition coefficient (Wildman–Crippen LogP) is 12.3. The van der Waals surface area contributed by atoms with Gasteiger partial charge in [-0.2, -0.15) is 50.0 Å². The lowest BCUT2D eigenvalue weighted by Crippen LogP contribution is -2.12. The minimum absolute atomic E-state index is 0.0853. The molecule has 13 heteroatoms. The zero-order valence-electron chi connectivity index (χ0n) is 27.2. The van der Waals surface area contributed by atoms with Crippen molar-refractivity contribution in [2.24, 2.45) is 0 Å². The molecule has 0 unspecified atom stereocenters. The topological polar surface area (TPSA) is 57.4 Å². The molecule has 0 saturated heterocycles. The van der Waals surface area contributed by atoms with Crippen LogP contribution in [0.25, 0.3) is 66.1 Å². The summed E-state index contributed by atoms with van der Waals surface area (Å²) >= 11 is 0.